The van der Waals surface area contributed by atoms with E-state index in [4.69, 9.17) is 11.0 Å². The van der Waals surface area contributed by atoms with Crippen LogP contribution in [0.5, 0.6) is 0 Å². The minimum atomic E-state index is -0.0608. The normalized spacial score (nSPS) is 27.8. The third-order valence-electron chi connectivity index (χ3n) is 3.17. The molecular weight excluding hydrogens is 202 g/mol. The minimum Gasteiger partial charge on any atom is -0.338 e. The number of hydrogen-bond donors (Lipinski definition) is 1. The van der Waals surface area contributed by atoms with E-state index >= 15 is 0 Å². The van der Waals surface area contributed by atoms with Gasteiger partial charge in [0.15, 0.2) is 0 Å². The van der Waals surface area contributed by atoms with Crippen molar-refractivity contribution in [2.45, 2.75) is 37.8 Å². The molecule has 1 saturated carbocycles. The molecule has 2 N–H and O–H groups in total. The maximum Gasteiger partial charge on any atom is 0.229 e. The average molecular weight is 219 g/mol. The summed E-state index contributed by atoms with van der Waals surface area (Å²) in [5.74, 6) is 0.0937. The summed E-state index contributed by atoms with van der Waals surface area (Å²) in [6, 6.07) is 2.50. The Labute approximate surface area is 95.7 Å². The van der Waals surface area contributed by atoms with Crippen LogP contribution in [0.4, 0.5) is 0 Å². The van der Waals surface area contributed by atoms with Crippen molar-refractivity contribution < 1.29 is 4.79 Å². The summed E-state index contributed by atoms with van der Waals surface area (Å²) < 4.78 is 0. The number of rotatable bonds is 4. The Bertz CT molecular complexity index is 341. The first-order chi connectivity index (χ1) is 7.72. The summed E-state index contributed by atoms with van der Waals surface area (Å²) >= 11 is 0. The molecule has 2 rings (SSSR count). The Morgan fingerprint density at radius 3 is 2.75 bits per heavy atom. The SMILES string of the molecule is N#CCCN(C(=O)C1C=CC(N)C1)C1CC1. The maximum absolute atomic E-state index is 12.2. The minimum absolute atomic E-state index is 0.0194. The summed E-state index contributed by atoms with van der Waals surface area (Å²) in [5.41, 5.74) is 5.75. The van der Waals surface area contributed by atoms with E-state index in [0.29, 0.717) is 25.4 Å². The van der Waals surface area contributed by atoms with Crippen molar-refractivity contribution in [2.75, 3.05) is 6.54 Å². The number of hydrogen-bond acceptors (Lipinski definition) is 3. The number of carbonyl (C=O) groups excluding carboxylic acids is 1. The first-order valence-corrected chi connectivity index (χ1v) is 5.83. The van der Waals surface area contributed by atoms with Gasteiger partial charge in [0.25, 0.3) is 0 Å². The second-order valence-corrected chi connectivity index (χ2v) is 4.56. The zero-order chi connectivity index (χ0) is 11.5. The highest BCUT2D eigenvalue weighted by molar-refractivity contribution is 5.81. The topological polar surface area (TPSA) is 70.1 Å². The van der Waals surface area contributed by atoms with Gasteiger partial charge in [-0.25, -0.2) is 0 Å². The summed E-state index contributed by atoms with van der Waals surface area (Å²) in [4.78, 5) is 14.1. The summed E-state index contributed by atoms with van der Waals surface area (Å²) in [6.07, 6.45) is 7.12. The lowest BCUT2D eigenvalue weighted by atomic mass is 10.1. The molecule has 0 aliphatic heterocycles. The monoisotopic (exact) mass is 219 g/mol. The molecule has 0 aromatic carbocycles. The fourth-order valence-electron chi connectivity index (χ4n) is 2.15. The lowest BCUT2D eigenvalue weighted by Crippen LogP contribution is -2.38. The maximum atomic E-state index is 12.2. The van der Waals surface area contributed by atoms with Crippen LogP contribution < -0.4 is 5.73 Å². The highest BCUT2D eigenvalue weighted by Gasteiger charge is 2.36. The van der Waals surface area contributed by atoms with Gasteiger partial charge in [-0.05, 0) is 19.3 Å². The highest BCUT2D eigenvalue weighted by Crippen LogP contribution is 2.30. The van der Waals surface area contributed by atoms with Crippen molar-refractivity contribution in [3.63, 3.8) is 0 Å². The van der Waals surface area contributed by atoms with Crippen molar-refractivity contribution in [3.05, 3.63) is 12.2 Å². The number of nitrogens with two attached hydrogens (primary N) is 1. The Balaban J connectivity index is 1.95. The molecule has 0 saturated heterocycles. The van der Waals surface area contributed by atoms with Crippen molar-refractivity contribution >= 4 is 5.91 Å². The van der Waals surface area contributed by atoms with E-state index in [0.717, 1.165) is 12.8 Å². The van der Waals surface area contributed by atoms with Crippen LogP contribution in [0.25, 0.3) is 0 Å². The van der Waals surface area contributed by atoms with E-state index in [1.54, 1.807) is 0 Å². The average Bonchev–Trinajstić information content (AvgIpc) is 3.01. The van der Waals surface area contributed by atoms with E-state index in [1.807, 2.05) is 17.1 Å². The van der Waals surface area contributed by atoms with Crippen LogP contribution >= 0.6 is 0 Å². The zero-order valence-electron chi connectivity index (χ0n) is 9.30. The van der Waals surface area contributed by atoms with E-state index in [-0.39, 0.29) is 17.9 Å². The van der Waals surface area contributed by atoms with Crippen LogP contribution in [0.15, 0.2) is 12.2 Å². The number of nitrogens with zero attached hydrogens (tertiary/aromatic N) is 2. The molecule has 86 valence electrons. The highest BCUT2D eigenvalue weighted by atomic mass is 16.2. The molecule has 0 radical (unpaired) electrons. The predicted molar refractivity (Wildman–Crippen MR) is 60.2 cm³/mol. The molecule has 2 aliphatic carbocycles. The van der Waals surface area contributed by atoms with Crippen molar-refractivity contribution in [1.29, 1.82) is 5.26 Å². The third kappa shape index (κ3) is 2.42. The Morgan fingerprint density at radius 1 is 1.50 bits per heavy atom. The van der Waals surface area contributed by atoms with Crippen LogP contribution in [-0.2, 0) is 4.79 Å². The van der Waals surface area contributed by atoms with Crippen LogP contribution in [0, 0.1) is 17.2 Å². The van der Waals surface area contributed by atoms with Gasteiger partial charge in [-0.15, -0.1) is 0 Å². The van der Waals surface area contributed by atoms with E-state index in [9.17, 15) is 4.79 Å². The molecule has 2 atom stereocenters. The van der Waals surface area contributed by atoms with E-state index in [2.05, 4.69) is 6.07 Å². The van der Waals surface area contributed by atoms with Gasteiger partial charge in [-0.2, -0.15) is 5.26 Å². The number of nitriles is 1. The second-order valence-electron chi connectivity index (χ2n) is 4.56. The molecule has 2 aliphatic rings. The molecular formula is C12H17N3O. The smallest absolute Gasteiger partial charge is 0.229 e. The van der Waals surface area contributed by atoms with Crippen LogP contribution in [0.1, 0.15) is 25.7 Å². The van der Waals surface area contributed by atoms with Gasteiger partial charge in [0, 0.05) is 18.6 Å². The molecule has 1 fully saturated rings. The van der Waals surface area contributed by atoms with Crippen LogP contribution in [0.2, 0.25) is 0 Å². The van der Waals surface area contributed by atoms with Crippen LogP contribution in [-0.4, -0.2) is 29.4 Å². The first-order valence-electron chi connectivity index (χ1n) is 5.83. The molecule has 2 unspecified atom stereocenters. The second kappa shape index (κ2) is 4.67. The van der Waals surface area contributed by atoms with Crippen LogP contribution in [0.3, 0.4) is 0 Å². The number of amides is 1. The molecule has 1 amide bonds. The Kier molecular flexibility index (Phi) is 3.25. The largest absolute Gasteiger partial charge is 0.338 e. The first kappa shape index (κ1) is 11.2. The van der Waals surface area contributed by atoms with Gasteiger partial charge < -0.3 is 10.6 Å². The predicted octanol–water partition coefficient (Wildman–Crippen LogP) is 0.794. The Hall–Kier alpha value is -1.34. The molecule has 0 bridgehead atoms. The van der Waals surface area contributed by atoms with Crippen molar-refractivity contribution in [3.8, 4) is 6.07 Å². The standard InChI is InChI=1S/C12H17N3O/c13-6-1-7-15(11-4-5-11)12(16)9-2-3-10(14)8-9/h2-3,9-11H,1,4-5,7-8,14H2. The molecule has 0 aromatic heterocycles. The van der Waals surface area contributed by atoms with Gasteiger partial charge in [0.05, 0.1) is 18.4 Å². The third-order valence-corrected chi connectivity index (χ3v) is 3.17. The van der Waals surface area contributed by atoms with Crippen molar-refractivity contribution in [1.82, 2.24) is 4.90 Å². The van der Waals surface area contributed by atoms with Gasteiger partial charge >= 0.3 is 0 Å². The lowest BCUT2D eigenvalue weighted by Gasteiger charge is -2.24. The van der Waals surface area contributed by atoms with Gasteiger partial charge in [0.1, 0.15) is 0 Å². The molecule has 4 nitrogen and oxygen atoms in total. The molecule has 0 spiro atoms. The quantitative estimate of drug-likeness (QED) is 0.711. The summed E-state index contributed by atoms with van der Waals surface area (Å²) in [5, 5.41) is 8.58. The van der Waals surface area contributed by atoms with Gasteiger partial charge in [-0.3, -0.25) is 4.79 Å². The van der Waals surface area contributed by atoms with Gasteiger partial charge in [-0.1, -0.05) is 12.2 Å². The summed E-state index contributed by atoms with van der Waals surface area (Å²) in [6.45, 7) is 0.569. The fourth-order valence-corrected chi connectivity index (χ4v) is 2.15. The Morgan fingerprint density at radius 2 is 2.25 bits per heavy atom. The van der Waals surface area contributed by atoms with Crippen molar-refractivity contribution in [2.24, 2.45) is 11.7 Å². The molecule has 0 aromatic rings. The number of carbonyl (C=O) groups is 1. The van der Waals surface area contributed by atoms with Gasteiger partial charge in [0.2, 0.25) is 5.91 Å². The van der Waals surface area contributed by atoms with E-state index < -0.39 is 0 Å². The summed E-state index contributed by atoms with van der Waals surface area (Å²) in [7, 11) is 0. The fraction of sp³-hybridized carbons (Fsp3) is 0.667. The zero-order valence-corrected chi connectivity index (χ0v) is 9.30. The molecule has 16 heavy (non-hydrogen) atoms. The molecule has 4 heteroatoms. The molecule has 0 heterocycles. The van der Waals surface area contributed by atoms with E-state index in [1.165, 1.54) is 0 Å². The lowest BCUT2D eigenvalue weighted by molar-refractivity contribution is -0.134.